The molecule has 0 bridgehead atoms. The van der Waals surface area contributed by atoms with E-state index in [9.17, 15) is 4.79 Å². The minimum Gasteiger partial charge on any atom is -0.497 e. The number of nitrogens with one attached hydrogen (secondary N) is 2. The van der Waals surface area contributed by atoms with Crippen molar-refractivity contribution in [3.05, 3.63) is 53.7 Å². The van der Waals surface area contributed by atoms with Gasteiger partial charge in [0.15, 0.2) is 0 Å². The van der Waals surface area contributed by atoms with Gasteiger partial charge in [-0.25, -0.2) is 4.98 Å². The van der Waals surface area contributed by atoms with Gasteiger partial charge in [-0.3, -0.25) is 4.79 Å². The third-order valence-corrected chi connectivity index (χ3v) is 3.89. The maximum Gasteiger partial charge on any atom is 0.252 e. The Morgan fingerprint density at radius 3 is 2.72 bits per heavy atom. The van der Waals surface area contributed by atoms with Crippen molar-refractivity contribution in [2.75, 3.05) is 25.5 Å². The molecule has 2 rings (SSSR count). The number of pyridine rings is 1. The molecule has 5 heteroatoms. The van der Waals surface area contributed by atoms with Crippen LogP contribution in [0.25, 0.3) is 0 Å². The molecule has 1 aromatic heterocycles. The highest BCUT2D eigenvalue weighted by molar-refractivity contribution is 5.94. The second-order valence-corrected chi connectivity index (χ2v) is 6.40. The molecule has 0 saturated carbocycles. The third kappa shape index (κ3) is 6.45. The van der Waals surface area contributed by atoms with Crippen LogP contribution in [0, 0.1) is 5.92 Å². The van der Waals surface area contributed by atoms with Crippen molar-refractivity contribution < 1.29 is 9.53 Å². The number of carbonyl (C=O) groups excluding carboxylic acids is 1. The number of benzene rings is 1. The van der Waals surface area contributed by atoms with Crippen molar-refractivity contribution in [1.29, 1.82) is 0 Å². The molecule has 25 heavy (non-hydrogen) atoms. The van der Waals surface area contributed by atoms with Gasteiger partial charge in [0, 0.05) is 19.3 Å². The highest BCUT2D eigenvalue weighted by Crippen LogP contribution is 2.13. The zero-order valence-electron chi connectivity index (χ0n) is 15.2. The summed E-state index contributed by atoms with van der Waals surface area (Å²) in [6.45, 7) is 5.73. The molecule has 5 nitrogen and oxygen atoms in total. The molecule has 0 atom stereocenters. The van der Waals surface area contributed by atoms with Crippen LogP contribution in [0.4, 0.5) is 5.82 Å². The average molecular weight is 341 g/mol. The number of amides is 1. The lowest BCUT2D eigenvalue weighted by molar-refractivity contribution is 0.0951. The van der Waals surface area contributed by atoms with Crippen molar-refractivity contribution in [2.24, 2.45) is 5.92 Å². The largest absolute Gasteiger partial charge is 0.497 e. The van der Waals surface area contributed by atoms with Gasteiger partial charge in [-0.05, 0) is 48.6 Å². The summed E-state index contributed by atoms with van der Waals surface area (Å²) < 4.78 is 5.23. The molecule has 1 heterocycles. The number of anilines is 1. The van der Waals surface area contributed by atoms with Crippen molar-refractivity contribution in [3.63, 3.8) is 0 Å². The van der Waals surface area contributed by atoms with Gasteiger partial charge < -0.3 is 15.4 Å². The fraction of sp³-hybridized carbons (Fsp3) is 0.400. The van der Waals surface area contributed by atoms with Crippen LogP contribution in [0.15, 0.2) is 42.6 Å². The number of hydrogen-bond acceptors (Lipinski definition) is 4. The first-order valence-electron chi connectivity index (χ1n) is 8.69. The number of nitrogens with zero attached hydrogens (tertiary/aromatic N) is 1. The van der Waals surface area contributed by atoms with Gasteiger partial charge in [-0.1, -0.05) is 26.0 Å². The second-order valence-electron chi connectivity index (χ2n) is 6.40. The Morgan fingerprint density at radius 2 is 2.04 bits per heavy atom. The van der Waals surface area contributed by atoms with E-state index in [0.717, 1.165) is 31.0 Å². The lowest BCUT2D eigenvalue weighted by Crippen LogP contribution is -2.25. The molecule has 1 aromatic carbocycles. The van der Waals surface area contributed by atoms with E-state index in [1.165, 1.54) is 5.56 Å². The summed E-state index contributed by atoms with van der Waals surface area (Å²) in [6.07, 6.45) is 3.46. The maximum absolute atomic E-state index is 12.0. The smallest absolute Gasteiger partial charge is 0.252 e. The number of carbonyl (C=O) groups is 1. The quantitative estimate of drug-likeness (QED) is 0.732. The van der Waals surface area contributed by atoms with E-state index >= 15 is 0 Å². The van der Waals surface area contributed by atoms with Gasteiger partial charge in [0.05, 0.1) is 12.7 Å². The predicted octanol–water partition coefficient (Wildman–Crippen LogP) is 3.52. The third-order valence-electron chi connectivity index (χ3n) is 3.89. The Hall–Kier alpha value is -2.56. The van der Waals surface area contributed by atoms with Crippen LogP contribution in [0.2, 0.25) is 0 Å². The SMILES string of the molecule is COc1cccc(CCNc2ccc(C(=O)NCCC(C)C)cn2)c1. The van der Waals surface area contributed by atoms with Gasteiger partial charge in [0.25, 0.3) is 5.91 Å². The average Bonchev–Trinajstić information content (AvgIpc) is 2.62. The molecule has 0 aliphatic rings. The molecule has 0 unspecified atom stereocenters. The Morgan fingerprint density at radius 1 is 1.20 bits per heavy atom. The summed E-state index contributed by atoms with van der Waals surface area (Å²) in [6, 6.07) is 11.7. The highest BCUT2D eigenvalue weighted by atomic mass is 16.5. The van der Waals surface area contributed by atoms with E-state index in [4.69, 9.17) is 4.74 Å². The fourth-order valence-electron chi connectivity index (χ4n) is 2.37. The van der Waals surface area contributed by atoms with Gasteiger partial charge in [0.1, 0.15) is 11.6 Å². The van der Waals surface area contributed by atoms with Crippen LogP contribution in [0.5, 0.6) is 5.75 Å². The summed E-state index contributed by atoms with van der Waals surface area (Å²) in [5.41, 5.74) is 1.79. The molecular formula is C20H27N3O2. The molecule has 0 aliphatic carbocycles. The molecule has 2 N–H and O–H groups in total. The number of rotatable bonds is 9. The number of methoxy groups -OCH3 is 1. The van der Waals surface area contributed by atoms with Gasteiger partial charge in [-0.15, -0.1) is 0 Å². The van der Waals surface area contributed by atoms with Crippen molar-refractivity contribution in [3.8, 4) is 5.75 Å². The monoisotopic (exact) mass is 341 g/mol. The van der Waals surface area contributed by atoms with E-state index < -0.39 is 0 Å². The van der Waals surface area contributed by atoms with Crippen LogP contribution < -0.4 is 15.4 Å². The summed E-state index contributed by atoms with van der Waals surface area (Å²) >= 11 is 0. The Labute approximate surface area is 149 Å². The van der Waals surface area contributed by atoms with Crippen molar-refractivity contribution >= 4 is 11.7 Å². The Kier molecular flexibility index (Phi) is 7.26. The molecule has 2 aromatic rings. The van der Waals surface area contributed by atoms with Gasteiger partial charge in [0.2, 0.25) is 0 Å². The van der Waals surface area contributed by atoms with E-state index in [-0.39, 0.29) is 5.91 Å². The summed E-state index contributed by atoms with van der Waals surface area (Å²) in [7, 11) is 1.67. The lowest BCUT2D eigenvalue weighted by Gasteiger charge is -2.09. The minimum atomic E-state index is -0.0731. The Bertz CT molecular complexity index is 669. The van der Waals surface area contributed by atoms with Crippen LogP contribution in [0.3, 0.4) is 0 Å². The maximum atomic E-state index is 12.0. The zero-order valence-corrected chi connectivity index (χ0v) is 15.2. The summed E-state index contributed by atoms with van der Waals surface area (Å²) in [5.74, 6) is 2.13. The standard InChI is InChI=1S/C20H27N3O2/c1-15(2)9-11-22-20(24)17-7-8-19(23-14-17)21-12-10-16-5-4-6-18(13-16)25-3/h4-8,13-15H,9-12H2,1-3H3,(H,21,23)(H,22,24). The molecule has 0 fully saturated rings. The first-order chi connectivity index (χ1) is 12.1. The number of ether oxygens (including phenoxy) is 1. The molecule has 0 radical (unpaired) electrons. The topological polar surface area (TPSA) is 63.2 Å². The van der Waals surface area contributed by atoms with Crippen LogP contribution >= 0.6 is 0 Å². The second kappa shape index (κ2) is 9.67. The predicted molar refractivity (Wildman–Crippen MR) is 101 cm³/mol. The molecular weight excluding hydrogens is 314 g/mol. The number of aromatic nitrogens is 1. The van der Waals surface area contributed by atoms with Crippen molar-refractivity contribution in [2.45, 2.75) is 26.7 Å². The molecule has 0 saturated heterocycles. The van der Waals surface area contributed by atoms with Crippen molar-refractivity contribution in [1.82, 2.24) is 10.3 Å². The van der Waals surface area contributed by atoms with Crippen LogP contribution in [0.1, 0.15) is 36.2 Å². The van der Waals surface area contributed by atoms with Gasteiger partial charge in [-0.2, -0.15) is 0 Å². The molecule has 1 amide bonds. The normalized spacial score (nSPS) is 10.6. The summed E-state index contributed by atoms with van der Waals surface area (Å²) in [5, 5.41) is 6.19. The van der Waals surface area contributed by atoms with E-state index in [1.807, 2.05) is 24.3 Å². The molecule has 0 aliphatic heterocycles. The minimum absolute atomic E-state index is 0.0731. The Balaban J connectivity index is 1.78. The van der Waals surface area contributed by atoms with Crippen LogP contribution in [-0.2, 0) is 6.42 Å². The first-order valence-corrected chi connectivity index (χ1v) is 8.69. The zero-order chi connectivity index (χ0) is 18.1. The van der Waals surface area contributed by atoms with E-state index in [1.54, 1.807) is 19.4 Å². The van der Waals surface area contributed by atoms with Gasteiger partial charge >= 0.3 is 0 Å². The van der Waals surface area contributed by atoms with E-state index in [0.29, 0.717) is 18.0 Å². The van der Waals surface area contributed by atoms with E-state index in [2.05, 4.69) is 35.5 Å². The summed E-state index contributed by atoms with van der Waals surface area (Å²) in [4.78, 5) is 16.3. The highest BCUT2D eigenvalue weighted by Gasteiger charge is 2.06. The first kappa shape index (κ1) is 18.8. The molecule has 134 valence electrons. The lowest BCUT2D eigenvalue weighted by atomic mass is 10.1. The number of hydrogen-bond donors (Lipinski definition) is 2. The molecule has 0 spiro atoms. The fourth-order valence-corrected chi connectivity index (χ4v) is 2.37. The van der Waals surface area contributed by atoms with Crippen LogP contribution in [-0.4, -0.2) is 31.1 Å².